The number of nitrogens with two attached hydrogens (primary N) is 1. The molecule has 108 valence electrons. The number of carbonyl (C=O) groups is 1. The Bertz CT molecular complexity index is 707. The number of aryl methyl sites for hydroxylation is 2. The van der Waals surface area contributed by atoms with Crippen molar-refractivity contribution >= 4 is 44.6 Å². The molecule has 2 aromatic rings. The fraction of sp³-hybridized carbons (Fsp3) is 0.188. The van der Waals surface area contributed by atoms with Crippen LogP contribution in [0.2, 0.25) is 0 Å². The van der Waals surface area contributed by atoms with Crippen LogP contribution in [-0.2, 0) is 11.2 Å². The number of anilines is 4. The van der Waals surface area contributed by atoms with Crippen LogP contribution in [0.3, 0.4) is 0 Å². The first-order valence-electron chi connectivity index (χ1n) is 6.78. The number of hydrogen-bond acceptors (Lipinski definition) is 3. The van der Waals surface area contributed by atoms with Crippen molar-refractivity contribution in [2.75, 3.05) is 16.4 Å². The number of nitrogen functional groups attached to an aromatic ring is 1. The molecule has 4 nitrogen and oxygen atoms in total. The van der Waals surface area contributed by atoms with Gasteiger partial charge in [-0.3, -0.25) is 4.79 Å². The van der Waals surface area contributed by atoms with E-state index in [1.165, 1.54) is 0 Å². The summed E-state index contributed by atoms with van der Waals surface area (Å²) in [6.07, 6.45) is 1.26. The Morgan fingerprint density at radius 2 is 2.00 bits per heavy atom. The quantitative estimate of drug-likeness (QED) is 0.721. The van der Waals surface area contributed by atoms with Gasteiger partial charge in [0.1, 0.15) is 0 Å². The first-order chi connectivity index (χ1) is 10.0. The third kappa shape index (κ3) is 3.03. The zero-order valence-corrected chi connectivity index (χ0v) is 13.3. The van der Waals surface area contributed by atoms with E-state index in [-0.39, 0.29) is 5.91 Å². The maximum Gasteiger partial charge on any atom is 0.224 e. The number of halogens is 1. The Balaban J connectivity index is 1.94. The molecule has 1 amide bonds. The maximum atomic E-state index is 11.4. The van der Waals surface area contributed by atoms with Gasteiger partial charge >= 0.3 is 0 Å². The van der Waals surface area contributed by atoms with Crippen LogP contribution in [0.1, 0.15) is 17.5 Å². The molecule has 0 fully saturated rings. The lowest BCUT2D eigenvalue weighted by atomic mass is 10.0. The van der Waals surface area contributed by atoms with E-state index in [1.54, 1.807) is 0 Å². The van der Waals surface area contributed by atoms with Gasteiger partial charge < -0.3 is 16.4 Å². The van der Waals surface area contributed by atoms with Crippen LogP contribution < -0.4 is 16.4 Å². The van der Waals surface area contributed by atoms with Gasteiger partial charge in [0.2, 0.25) is 5.91 Å². The lowest BCUT2D eigenvalue weighted by Crippen LogP contribution is -2.19. The Morgan fingerprint density at radius 3 is 2.76 bits per heavy atom. The summed E-state index contributed by atoms with van der Waals surface area (Å²) in [4.78, 5) is 11.4. The van der Waals surface area contributed by atoms with Gasteiger partial charge in [-0.25, -0.2) is 0 Å². The summed E-state index contributed by atoms with van der Waals surface area (Å²) in [6.45, 7) is 2.04. The largest absolute Gasteiger partial charge is 0.397 e. The van der Waals surface area contributed by atoms with Crippen LogP contribution in [0.25, 0.3) is 0 Å². The number of amides is 1. The second-order valence-electron chi connectivity index (χ2n) is 5.29. The number of benzene rings is 2. The summed E-state index contributed by atoms with van der Waals surface area (Å²) < 4.78 is 1.02. The Morgan fingerprint density at radius 1 is 1.19 bits per heavy atom. The molecule has 0 saturated carbocycles. The predicted molar refractivity (Wildman–Crippen MR) is 90.0 cm³/mol. The van der Waals surface area contributed by atoms with Gasteiger partial charge in [-0.1, -0.05) is 15.9 Å². The first-order valence-corrected chi connectivity index (χ1v) is 7.57. The van der Waals surface area contributed by atoms with Crippen molar-refractivity contribution in [1.29, 1.82) is 0 Å². The SMILES string of the molecule is Cc1cc(Br)cc(Nc2cc3c(cc2N)NC(=O)CC3)c1. The minimum absolute atomic E-state index is 0.0465. The van der Waals surface area contributed by atoms with Crippen LogP contribution in [0, 0.1) is 6.92 Å². The van der Waals surface area contributed by atoms with Crippen molar-refractivity contribution in [3.8, 4) is 0 Å². The van der Waals surface area contributed by atoms with Gasteiger partial charge in [0.15, 0.2) is 0 Å². The minimum Gasteiger partial charge on any atom is -0.397 e. The second-order valence-corrected chi connectivity index (χ2v) is 6.20. The molecule has 0 spiro atoms. The van der Waals surface area contributed by atoms with Crippen LogP contribution in [0.4, 0.5) is 22.7 Å². The predicted octanol–water partition coefficient (Wildman–Crippen LogP) is 3.97. The van der Waals surface area contributed by atoms with E-state index in [0.29, 0.717) is 12.1 Å². The molecule has 0 unspecified atom stereocenters. The second kappa shape index (κ2) is 5.41. The molecule has 0 radical (unpaired) electrons. The Labute approximate surface area is 131 Å². The zero-order chi connectivity index (χ0) is 15.0. The molecule has 0 atom stereocenters. The number of rotatable bonds is 2. The maximum absolute atomic E-state index is 11.4. The molecule has 3 rings (SSSR count). The van der Waals surface area contributed by atoms with E-state index < -0.39 is 0 Å². The van der Waals surface area contributed by atoms with Crippen molar-refractivity contribution in [2.45, 2.75) is 19.8 Å². The fourth-order valence-corrected chi connectivity index (χ4v) is 3.13. The van der Waals surface area contributed by atoms with Crippen LogP contribution in [-0.4, -0.2) is 5.91 Å². The molecular weight excluding hydrogens is 330 g/mol. The summed E-state index contributed by atoms with van der Waals surface area (Å²) in [7, 11) is 0. The molecule has 2 aromatic carbocycles. The van der Waals surface area contributed by atoms with E-state index in [2.05, 4.69) is 38.7 Å². The highest BCUT2D eigenvalue weighted by Crippen LogP contribution is 2.33. The molecular formula is C16H16BrN3O. The average molecular weight is 346 g/mol. The van der Waals surface area contributed by atoms with Crippen LogP contribution >= 0.6 is 15.9 Å². The Kier molecular flexibility index (Phi) is 3.59. The van der Waals surface area contributed by atoms with Crippen molar-refractivity contribution in [2.24, 2.45) is 0 Å². The van der Waals surface area contributed by atoms with Gasteiger partial charge in [-0.05, 0) is 54.8 Å². The topological polar surface area (TPSA) is 67.2 Å². The number of hydrogen-bond donors (Lipinski definition) is 3. The Hall–Kier alpha value is -2.01. The summed E-state index contributed by atoms with van der Waals surface area (Å²) in [5.74, 6) is 0.0465. The molecule has 1 aliphatic heterocycles. The molecule has 0 aromatic heterocycles. The average Bonchev–Trinajstić information content (AvgIpc) is 2.38. The molecule has 1 heterocycles. The lowest BCUT2D eigenvalue weighted by molar-refractivity contribution is -0.116. The summed E-state index contributed by atoms with van der Waals surface area (Å²) in [5.41, 5.74) is 11.6. The van der Waals surface area contributed by atoms with Gasteiger partial charge in [-0.2, -0.15) is 0 Å². The van der Waals surface area contributed by atoms with Crippen molar-refractivity contribution in [1.82, 2.24) is 0 Å². The van der Waals surface area contributed by atoms with Gasteiger partial charge in [0.25, 0.3) is 0 Å². The highest BCUT2D eigenvalue weighted by molar-refractivity contribution is 9.10. The van der Waals surface area contributed by atoms with E-state index in [4.69, 9.17) is 5.73 Å². The lowest BCUT2D eigenvalue weighted by Gasteiger charge is -2.20. The van der Waals surface area contributed by atoms with E-state index >= 15 is 0 Å². The van der Waals surface area contributed by atoms with Crippen LogP contribution in [0.5, 0.6) is 0 Å². The molecule has 21 heavy (non-hydrogen) atoms. The van der Waals surface area contributed by atoms with E-state index in [1.807, 2.05) is 25.1 Å². The minimum atomic E-state index is 0.0465. The fourth-order valence-electron chi connectivity index (χ4n) is 2.52. The van der Waals surface area contributed by atoms with E-state index in [0.717, 1.165) is 39.1 Å². The highest BCUT2D eigenvalue weighted by atomic mass is 79.9. The van der Waals surface area contributed by atoms with Crippen molar-refractivity contribution < 1.29 is 4.79 Å². The normalized spacial score (nSPS) is 13.5. The zero-order valence-electron chi connectivity index (χ0n) is 11.7. The van der Waals surface area contributed by atoms with Crippen molar-refractivity contribution in [3.05, 3.63) is 45.9 Å². The highest BCUT2D eigenvalue weighted by Gasteiger charge is 2.16. The van der Waals surface area contributed by atoms with Crippen LogP contribution in [0.15, 0.2) is 34.8 Å². The first kappa shape index (κ1) is 13.9. The third-order valence-corrected chi connectivity index (χ3v) is 3.95. The smallest absolute Gasteiger partial charge is 0.224 e. The number of carbonyl (C=O) groups excluding carboxylic acids is 1. The van der Waals surface area contributed by atoms with Gasteiger partial charge in [0, 0.05) is 22.3 Å². The molecule has 0 aliphatic carbocycles. The molecule has 1 aliphatic rings. The summed E-state index contributed by atoms with van der Waals surface area (Å²) in [6, 6.07) is 9.95. The molecule has 0 bridgehead atoms. The summed E-state index contributed by atoms with van der Waals surface area (Å²) in [5, 5.41) is 6.20. The van der Waals surface area contributed by atoms with Gasteiger partial charge in [-0.15, -0.1) is 0 Å². The molecule has 4 N–H and O–H groups in total. The number of nitrogens with one attached hydrogen (secondary N) is 2. The monoisotopic (exact) mass is 345 g/mol. The summed E-state index contributed by atoms with van der Waals surface area (Å²) >= 11 is 3.49. The molecule has 0 saturated heterocycles. The molecule has 5 heteroatoms. The van der Waals surface area contributed by atoms with Gasteiger partial charge in [0.05, 0.1) is 11.4 Å². The number of fused-ring (bicyclic) bond motifs is 1. The standard InChI is InChI=1S/C16H16BrN3O/c1-9-4-11(17)7-12(5-9)19-15-6-10-2-3-16(21)20-14(10)8-13(15)18/h4-8,19H,2-3,18H2,1H3,(H,20,21). The third-order valence-electron chi connectivity index (χ3n) is 3.49. The van der Waals surface area contributed by atoms with Crippen molar-refractivity contribution in [3.63, 3.8) is 0 Å². The van der Waals surface area contributed by atoms with E-state index in [9.17, 15) is 4.79 Å².